The number of fused-ring (bicyclic) bond motifs is 3. The molecule has 8 rings (SSSR count). The quantitative estimate of drug-likeness (QED) is 0.167. The lowest BCUT2D eigenvalue weighted by atomic mass is 9.90. The molecule has 10 nitrogen and oxygen atoms in total. The fourth-order valence-electron chi connectivity index (χ4n) is 9.24. The molecule has 3 aromatic carbocycles. The molecule has 2 aliphatic heterocycles. The average molecular weight is 859 g/mol. The molecule has 0 unspecified atom stereocenters. The second-order valence-electron chi connectivity index (χ2n) is 18.0. The van der Waals surface area contributed by atoms with Crippen molar-refractivity contribution >= 4 is 38.7 Å². The van der Waals surface area contributed by atoms with Gasteiger partial charge in [0.05, 0.1) is 33.8 Å². The minimum absolute atomic E-state index is 0.0670. The molecular formula is C47H53F3N4O6S. The van der Waals surface area contributed by atoms with Gasteiger partial charge >= 0.3 is 6.18 Å². The van der Waals surface area contributed by atoms with E-state index < -0.39 is 55.9 Å². The Balaban J connectivity index is 1.14. The fourth-order valence-corrected chi connectivity index (χ4v) is 10.6. The summed E-state index contributed by atoms with van der Waals surface area (Å²) in [6.45, 7) is 5.57. The van der Waals surface area contributed by atoms with Gasteiger partial charge in [-0.1, -0.05) is 79.6 Å². The maximum atomic E-state index is 14.9. The minimum atomic E-state index is -4.53. The standard InChI is InChI=1S/C47H53F3N4O6S/c1-30(2)54-38-21-13-20-37(32-17-12-19-34(25-32)47(48,49)50)41(38)51-44(54)60-36-26-39-40(55)28-46(43(57)52-61(58,59)45(3)22-23-45)27-35(46)18-11-6-4-5-10-16-33(42(56)53(39)29-36)24-31-14-8-7-9-15-31/h7-9,11-15,17-21,25,30,33,35-36,39H,4-6,10,16,22-24,26-29H2,1-3H3,(H,52,57)/b18-11-/t33-,35+,36-,39+,46-/m1/s1. The summed E-state index contributed by atoms with van der Waals surface area (Å²) in [4.78, 5) is 50.2. The highest BCUT2D eigenvalue weighted by molar-refractivity contribution is 7.91. The van der Waals surface area contributed by atoms with Gasteiger partial charge in [0.25, 0.3) is 6.01 Å². The fraction of sp³-hybridized carbons (Fsp3) is 0.489. The largest absolute Gasteiger partial charge is 0.459 e. The number of ketones is 1. The Hall–Kier alpha value is -4.98. The van der Waals surface area contributed by atoms with Crippen LogP contribution in [0.2, 0.25) is 0 Å². The number of amides is 2. The van der Waals surface area contributed by atoms with Crippen molar-refractivity contribution in [1.82, 2.24) is 19.2 Å². The number of hydrogen-bond acceptors (Lipinski definition) is 7. The Morgan fingerprint density at radius 3 is 2.48 bits per heavy atom. The Kier molecular flexibility index (Phi) is 11.5. The van der Waals surface area contributed by atoms with Crippen molar-refractivity contribution in [2.24, 2.45) is 17.3 Å². The topological polar surface area (TPSA) is 128 Å². The van der Waals surface area contributed by atoms with Crippen LogP contribution < -0.4 is 9.46 Å². The molecule has 3 heterocycles. The van der Waals surface area contributed by atoms with E-state index in [0.29, 0.717) is 54.3 Å². The number of carbonyl (C=O) groups is 3. The second-order valence-corrected chi connectivity index (χ2v) is 20.2. The Morgan fingerprint density at radius 2 is 1.75 bits per heavy atom. The molecule has 1 N–H and O–H groups in total. The first-order chi connectivity index (χ1) is 29.0. The van der Waals surface area contributed by atoms with Crippen LogP contribution in [0.4, 0.5) is 13.2 Å². The number of nitrogens with zero attached hydrogens (tertiary/aromatic N) is 3. The van der Waals surface area contributed by atoms with Crippen LogP contribution in [0.25, 0.3) is 22.2 Å². The van der Waals surface area contributed by atoms with E-state index in [4.69, 9.17) is 9.72 Å². The van der Waals surface area contributed by atoms with Crippen molar-refractivity contribution in [1.29, 1.82) is 0 Å². The molecule has 5 atom stereocenters. The van der Waals surface area contributed by atoms with Crippen LogP contribution in [0.5, 0.6) is 6.01 Å². The van der Waals surface area contributed by atoms with E-state index in [9.17, 15) is 36.0 Å². The first-order valence-electron chi connectivity index (χ1n) is 21.5. The highest BCUT2D eigenvalue weighted by Gasteiger charge is 2.62. The summed E-state index contributed by atoms with van der Waals surface area (Å²) >= 11 is 0. The number of allylic oxidation sites excluding steroid dienone is 2. The van der Waals surface area contributed by atoms with E-state index >= 15 is 0 Å². The molecular weight excluding hydrogens is 806 g/mol. The lowest BCUT2D eigenvalue weighted by molar-refractivity contribution is -0.142. The number of halogens is 3. The Labute approximate surface area is 355 Å². The van der Waals surface area contributed by atoms with Gasteiger partial charge in [0.15, 0.2) is 5.78 Å². The van der Waals surface area contributed by atoms with Crippen molar-refractivity contribution in [3.05, 3.63) is 96.1 Å². The summed E-state index contributed by atoms with van der Waals surface area (Å²) in [7, 11) is -3.97. The van der Waals surface area contributed by atoms with Crippen LogP contribution in [0.1, 0.15) is 102 Å². The van der Waals surface area contributed by atoms with Crippen LogP contribution in [-0.2, 0) is 37.0 Å². The molecule has 0 spiro atoms. The normalized spacial score (nSPS) is 26.2. The highest BCUT2D eigenvalue weighted by Crippen LogP contribution is 2.57. The van der Waals surface area contributed by atoms with Crippen LogP contribution in [-0.4, -0.2) is 63.9 Å². The smallest absolute Gasteiger partial charge is 0.416 e. The van der Waals surface area contributed by atoms with E-state index in [0.717, 1.165) is 43.4 Å². The van der Waals surface area contributed by atoms with Crippen LogP contribution in [0, 0.1) is 17.3 Å². The molecule has 2 amide bonds. The van der Waals surface area contributed by atoms with Gasteiger partial charge in [0.2, 0.25) is 21.8 Å². The molecule has 61 heavy (non-hydrogen) atoms. The summed E-state index contributed by atoms with van der Waals surface area (Å²) in [6.07, 6.45) is 4.28. The molecule has 1 aromatic heterocycles. The van der Waals surface area contributed by atoms with Gasteiger partial charge < -0.3 is 9.64 Å². The van der Waals surface area contributed by atoms with Crippen LogP contribution >= 0.6 is 0 Å². The average Bonchev–Trinajstić information content (AvgIpc) is 4.04. The number of benzene rings is 3. The first-order valence-corrected chi connectivity index (χ1v) is 22.9. The summed E-state index contributed by atoms with van der Waals surface area (Å²) in [6, 6.07) is 19.3. The van der Waals surface area contributed by atoms with Crippen molar-refractivity contribution < 1.29 is 40.7 Å². The van der Waals surface area contributed by atoms with Gasteiger partial charge in [-0.3, -0.25) is 23.7 Å². The zero-order chi connectivity index (χ0) is 43.3. The lowest BCUT2D eigenvalue weighted by Crippen LogP contribution is -2.47. The molecule has 4 aromatic rings. The number of sulfonamides is 1. The number of carbonyl (C=O) groups excluding carboxylic acids is 3. The SMILES string of the molecule is CC(C)n1c(O[C@@H]2C[C@H]3C(=O)C[C@]4(C(=O)NS(=O)(=O)C5(C)CC5)C[C@@H]4/C=C\CCCCC[C@H](Cc4ccccc4)C(=O)N3C2)nc2c(-c3cccc(C(F)(F)F)c3)cccc21. The summed E-state index contributed by atoms with van der Waals surface area (Å²) < 4.78 is 77.7. The Morgan fingerprint density at radius 1 is 1.00 bits per heavy atom. The monoisotopic (exact) mass is 858 g/mol. The van der Waals surface area contributed by atoms with Gasteiger partial charge in [-0.15, -0.1) is 0 Å². The molecule has 2 saturated carbocycles. The predicted octanol–water partition coefficient (Wildman–Crippen LogP) is 8.99. The molecule has 14 heteroatoms. The minimum Gasteiger partial charge on any atom is -0.459 e. The van der Waals surface area contributed by atoms with Crippen molar-refractivity contribution in [2.45, 2.75) is 121 Å². The summed E-state index contributed by atoms with van der Waals surface area (Å²) in [5.41, 5.74) is 0.897. The Bertz CT molecular complexity index is 2460. The maximum Gasteiger partial charge on any atom is 0.416 e. The number of nitrogens with one attached hydrogen (secondary N) is 1. The van der Waals surface area contributed by atoms with E-state index in [1.807, 2.05) is 67.0 Å². The number of imidazole rings is 1. The van der Waals surface area contributed by atoms with Crippen LogP contribution in [0.3, 0.4) is 0 Å². The molecule has 2 aliphatic carbocycles. The maximum absolute atomic E-state index is 14.9. The second kappa shape index (κ2) is 16.4. The summed E-state index contributed by atoms with van der Waals surface area (Å²) in [5.74, 6) is -1.95. The molecule has 0 bridgehead atoms. The van der Waals surface area contributed by atoms with Crippen molar-refractivity contribution in [2.75, 3.05) is 6.54 Å². The number of Topliss-reactive ketones (excluding diaryl/α,β-unsaturated/α-hetero) is 1. The number of ether oxygens (including phenoxy) is 1. The van der Waals surface area contributed by atoms with Gasteiger partial charge in [-0.2, -0.15) is 18.2 Å². The third-order valence-electron chi connectivity index (χ3n) is 13.3. The number of aromatic nitrogens is 2. The number of hydrogen-bond donors (Lipinski definition) is 1. The van der Waals surface area contributed by atoms with E-state index in [-0.39, 0.29) is 49.0 Å². The van der Waals surface area contributed by atoms with Gasteiger partial charge in [0.1, 0.15) is 11.6 Å². The highest BCUT2D eigenvalue weighted by atomic mass is 32.2. The molecule has 4 aliphatic rings. The number of rotatable bonds is 9. The zero-order valence-electron chi connectivity index (χ0n) is 34.8. The van der Waals surface area contributed by atoms with Crippen molar-refractivity contribution in [3.63, 3.8) is 0 Å². The molecule has 3 fully saturated rings. The van der Waals surface area contributed by atoms with E-state index in [1.165, 1.54) is 6.07 Å². The third-order valence-corrected chi connectivity index (χ3v) is 15.4. The van der Waals surface area contributed by atoms with Crippen molar-refractivity contribution in [3.8, 4) is 17.1 Å². The number of para-hydroxylation sites is 1. The van der Waals surface area contributed by atoms with Gasteiger partial charge in [-0.25, -0.2) is 8.42 Å². The summed E-state index contributed by atoms with van der Waals surface area (Å²) in [5, 5.41) is 0. The van der Waals surface area contributed by atoms with Gasteiger partial charge in [0, 0.05) is 30.4 Å². The van der Waals surface area contributed by atoms with Gasteiger partial charge in [-0.05, 0) is 101 Å². The zero-order valence-corrected chi connectivity index (χ0v) is 35.6. The predicted molar refractivity (Wildman–Crippen MR) is 226 cm³/mol. The third kappa shape index (κ3) is 8.61. The van der Waals surface area contributed by atoms with Crippen LogP contribution in [0.15, 0.2) is 84.9 Å². The lowest BCUT2D eigenvalue weighted by Gasteiger charge is -2.29. The molecule has 324 valence electrons. The number of alkyl halides is 3. The van der Waals surface area contributed by atoms with E-state index in [2.05, 4.69) is 4.72 Å². The molecule has 1 saturated heterocycles. The first kappa shape index (κ1) is 42.7. The van der Waals surface area contributed by atoms with E-state index in [1.54, 1.807) is 30.0 Å². The molecule has 0 radical (unpaired) electrons.